The fourth-order valence-corrected chi connectivity index (χ4v) is 4.75. The molecule has 2 heterocycles. The Labute approximate surface area is 216 Å². The van der Waals surface area contributed by atoms with Crippen LogP contribution in [-0.2, 0) is 22.6 Å². The number of aromatic nitrogens is 1. The van der Waals surface area contributed by atoms with E-state index in [0.29, 0.717) is 30.9 Å². The molecule has 2 aromatic carbocycles. The van der Waals surface area contributed by atoms with E-state index in [0.717, 1.165) is 66.6 Å². The SMILES string of the molecule is COc1ccc2[nH]c3c(c2c1)COc1ccccc1NC(=O)C(CCCCCC(=O)NO)NCCCC3. The molecule has 198 valence electrons. The summed E-state index contributed by atoms with van der Waals surface area (Å²) in [5, 5.41) is 16.2. The van der Waals surface area contributed by atoms with Crippen molar-refractivity contribution >= 4 is 28.4 Å². The number of carbonyl (C=O) groups excluding carboxylic acids is 2. The molecule has 9 heteroatoms. The van der Waals surface area contributed by atoms with Gasteiger partial charge in [-0.25, -0.2) is 5.48 Å². The molecule has 2 amide bonds. The Morgan fingerprint density at radius 2 is 2.03 bits per heavy atom. The number of hydrogen-bond donors (Lipinski definition) is 5. The highest BCUT2D eigenvalue weighted by atomic mass is 16.5. The first-order valence-corrected chi connectivity index (χ1v) is 13.0. The predicted octanol–water partition coefficient (Wildman–Crippen LogP) is 4.44. The molecule has 0 aliphatic carbocycles. The van der Waals surface area contributed by atoms with Crippen molar-refractivity contribution in [2.45, 2.75) is 64.0 Å². The first-order valence-electron chi connectivity index (χ1n) is 13.0. The molecule has 0 spiro atoms. The molecule has 1 unspecified atom stereocenters. The summed E-state index contributed by atoms with van der Waals surface area (Å²) in [5.41, 5.74) is 5.60. The molecule has 4 rings (SSSR count). The number of anilines is 1. The van der Waals surface area contributed by atoms with Crippen LogP contribution in [0.4, 0.5) is 5.69 Å². The number of carbonyl (C=O) groups is 2. The zero-order valence-electron chi connectivity index (χ0n) is 21.3. The Bertz CT molecular complexity index is 1210. The van der Waals surface area contributed by atoms with Crippen molar-refractivity contribution in [3.8, 4) is 11.5 Å². The van der Waals surface area contributed by atoms with Crippen molar-refractivity contribution in [2.75, 3.05) is 19.0 Å². The van der Waals surface area contributed by atoms with Gasteiger partial charge in [-0.3, -0.25) is 14.8 Å². The molecular formula is C28H36N4O5. The first kappa shape index (κ1) is 26.5. The normalized spacial score (nSPS) is 16.6. The highest BCUT2D eigenvalue weighted by molar-refractivity contribution is 5.96. The summed E-state index contributed by atoms with van der Waals surface area (Å²) in [5.74, 6) is 0.930. The predicted molar refractivity (Wildman–Crippen MR) is 142 cm³/mol. The second-order valence-electron chi connectivity index (χ2n) is 9.37. The molecule has 0 radical (unpaired) electrons. The van der Waals surface area contributed by atoms with Crippen LogP contribution in [0.3, 0.4) is 0 Å². The third-order valence-electron chi connectivity index (χ3n) is 6.80. The molecule has 1 aliphatic heterocycles. The third kappa shape index (κ3) is 7.02. The number of aryl methyl sites for hydroxylation is 1. The lowest BCUT2D eigenvalue weighted by Crippen LogP contribution is -2.41. The Morgan fingerprint density at radius 1 is 1.16 bits per heavy atom. The van der Waals surface area contributed by atoms with Crippen molar-refractivity contribution in [1.29, 1.82) is 0 Å². The van der Waals surface area contributed by atoms with Crippen LogP contribution < -0.4 is 25.6 Å². The Morgan fingerprint density at radius 3 is 2.86 bits per heavy atom. The van der Waals surface area contributed by atoms with Crippen LogP contribution in [0.1, 0.15) is 56.2 Å². The molecule has 1 atom stereocenters. The molecule has 5 N–H and O–H groups in total. The van der Waals surface area contributed by atoms with Gasteiger partial charge in [0.25, 0.3) is 0 Å². The molecule has 9 nitrogen and oxygen atoms in total. The largest absolute Gasteiger partial charge is 0.497 e. The smallest absolute Gasteiger partial charge is 0.243 e. The van der Waals surface area contributed by atoms with Crippen molar-refractivity contribution < 1.29 is 24.3 Å². The average molecular weight is 509 g/mol. The monoisotopic (exact) mass is 508 g/mol. The molecule has 0 saturated carbocycles. The van der Waals surface area contributed by atoms with Crippen LogP contribution in [-0.4, -0.2) is 41.7 Å². The summed E-state index contributed by atoms with van der Waals surface area (Å²) in [4.78, 5) is 28.0. The molecule has 0 saturated heterocycles. The zero-order valence-corrected chi connectivity index (χ0v) is 21.3. The molecule has 37 heavy (non-hydrogen) atoms. The van der Waals surface area contributed by atoms with Crippen molar-refractivity contribution in [2.24, 2.45) is 0 Å². The fourth-order valence-electron chi connectivity index (χ4n) is 4.75. The average Bonchev–Trinajstić information content (AvgIpc) is 3.26. The van der Waals surface area contributed by atoms with Gasteiger partial charge in [-0.1, -0.05) is 25.0 Å². The summed E-state index contributed by atoms with van der Waals surface area (Å²) in [7, 11) is 1.66. The summed E-state index contributed by atoms with van der Waals surface area (Å²) in [6.45, 7) is 1.10. The minimum Gasteiger partial charge on any atom is -0.497 e. The van der Waals surface area contributed by atoms with Gasteiger partial charge in [0.1, 0.15) is 18.1 Å². The van der Waals surface area contributed by atoms with Gasteiger partial charge in [0.15, 0.2) is 0 Å². The summed E-state index contributed by atoms with van der Waals surface area (Å²) in [6.07, 6.45) is 5.95. The van der Waals surface area contributed by atoms with E-state index in [1.54, 1.807) is 12.6 Å². The Hall–Kier alpha value is -3.56. The maximum Gasteiger partial charge on any atom is 0.243 e. The number of hydroxylamine groups is 1. The quantitative estimate of drug-likeness (QED) is 0.183. The number of unbranched alkanes of at least 4 members (excludes halogenated alkanes) is 2. The Kier molecular flexibility index (Phi) is 9.40. The number of para-hydroxylation sites is 2. The van der Waals surface area contributed by atoms with E-state index in [-0.39, 0.29) is 24.3 Å². The fraction of sp³-hybridized carbons (Fsp3) is 0.429. The van der Waals surface area contributed by atoms with E-state index in [2.05, 4.69) is 15.6 Å². The van der Waals surface area contributed by atoms with Gasteiger partial charge in [-0.15, -0.1) is 0 Å². The van der Waals surface area contributed by atoms with Crippen LogP contribution >= 0.6 is 0 Å². The summed E-state index contributed by atoms with van der Waals surface area (Å²) >= 11 is 0. The number of ether oxygens (including phenoxy) is 2. The maximum absolute atomic E-state index is 13.2. The van der Waals surface area contributed by atoms with Crippen LogP contribution in [0.15, 0.2) is 42.5 Å². The van der Waals surface area contributed by atoms with Crippen LogP contribution in [0.5, 0.6) is 11.5 Å². The van der Waals surface area contributed by atoms with Crippen LogP contribution in [0.25, 0.3) is 10.9 Å². The van der Waals surface area contributed by atoms with E-state index in [1.165, 1.54) is 0 Å². The number of fused-ring (bicyclic) bond motifs is 4. The summed E-state index contributed by atoms with van der Waals surface area (Å²) in [6, 6.07) is 13.2. The molecule has 3 aromatic rings. The molecule has 0 bridgehead atoms. The number of rotatable bonds is 7. The van der Waals surface area contributed by atoms with E-state index in [4.69, 9.17) is 14.7 Å². The number of benzene rings is 2. The van der Waals surface area contributed by atoms with Gasteiger partial charge in [-0.2, -0.15) is 0 Å². The topological polar surface area (TPSA) is 125 Å². The van der Waals surface area contributed by atoms with Crippen LogP contribution in [0.2, 0.25) is 0 Å². The van der Waals surface area contributed by atoms with E-state index >= 15 is 0 Å². The van der Waals surface area contributed by atoms with E-state index in [1.807, 2.05) is 42.5 Å². The van der Waals surface area contributed by atoms with Gasteiger partial charge in [0.2, 0.25) is 11.8 Å². The maximum atomic E-state index is 13.2. The van der Waals surface area contributed by atoms with Crippen molar-refractivity contribution in [3.05, 3.63) is 53.7 Å². The number of hydrogen-bond acceptors (Lipinski definition) is 6. The van der Waals surface area contributed by atoms with Gasteiger partial charge in [-0.05, 0) is 69.0 Å². The highest BCUT2D eigenvalue weighted by Gasteiger charge is 2.20. The number of H-pyrrole nitrogens is 1. The van der Waals surface area contributed by atoms with Crippen LogP contribution in [0, 0.1) is 0 Å². The molecule has 0 fully saturated rings. The van der Waals surface area contributed by atoms with Gasteiger partial charge >= 0.3 is 0 Å². The number of aromatic amines is 1. The lowest BCUT2D eigenvalue weighted by molar-refractivity contribution is -0.129. The zero-order chi connectivity index (χ0) is 26.0. The van der Waals surface area contributed by atoms with Gasteiger partial charge in [0, 0.05) is 28.6 Å². The lowest BCUT2D eigenvalue weighted by atomic mass is 10.0. The van der Waals surface area contributed by atoms with Crippen molar-refractivity contribution in [1.82, 2.24) is 15.8 Å². The minimum atomic E-state index is -0.386. The highest BCUT2D eigenvalue weighted by Crippen LogP contribution is 2.31. The number of nitrogens with one attached hydrogen (secondary N) is 4. The number of amides is 2. The standard InChI is InChI=1S/C28H36N4O5/c1-36-19-14-15-23-20(17-19)21-18-37-26-12-6-5-10-24(26)31-28(34)25(11-3-2-4-13-27(33)32-35)29-16-8-7-9-22(21)30-23/h5-6,10,12,14-15,17,25,29-30,35H,2-4,7-9,11,13,16,18H2,1H3,(H,31,34)(H,32,33). The Balaban J connectivity index is 1.50. The molecular weight excluding hydrogens is 472 g/mol. The minimum absolute atomic E-state index is 0.0984. The van der Waals surface area contributed by atoms with E-state index in [9.17, 15) is 9.59 Å². The van der Waals surface area contributed by atoms with Gasteiger partial charge in [0.05, 0.1) is 18.8 Å². The lowest BCUT2D eigenvalue weighted by Gasteiger charge is -2.20. The van der Waals surface area contributed by atoms with Crippen molar-refractivity contribution in [3.63, 3.8) is 0 Å². The van der Waals surface area contributed by atoms with Gasteiger partial charge < -0.3 is 25.1 Å². The second-order valence-corrected chi connectivity index (χ2v) is 9.37. The second kappa shape index (κ2) is 13.1. The molecule has 1 aromatic heterocycles. The number of methoxy groups -OCH3 is 1. The third-order valence-corrected chi connectivity index (χ3v) is 6.80. The van der Waals surface area contributed by atoms with E-state index < -0.39 is 0 Å². The summed E-state index contributed by atoms with van der Waals surface area (Å²) < 4.78 is 11.7. The molecule has 1 aliphatic rings. The first-order chi connectivity index (χ1) is 18.1.